The number of hydroxylamine groups is 2. The minimum Gasteiger partial charge on any atom is -0.724 e. The molecule has 12 heteroatoms. The summed E-state index contributed by atoms with van der Waals surface area (Å²) in [6.45, 7) is 0.383. The molecule has 3 heterocycles. The van der Waals surface area contributed by atoms with Crippen LogP contribution in [0.15, 0.2) is 23.1 Å². The smallest absolute Gasteiger partial charge is 0.724 e. The van der Waals surface area contributed by atoms with Gasteiger partial charge in [-0.05, 0) is 5.57 Å². The van der Waals surface area contributed by atoms with E-state index in [1.165, 1.54) is 24.2 Å². The number of aromatic nitrogens is 2. The third-order valence-electron chi connectivity index (χ3n) is 3.50. The van der Waals surface area contributed by atoms with Crippen LogP contribution in [0.25, 0.3) is 5.57 Å². The van der Waals surface area contributed by atoms with Gasteiger partial charge in [-0.25, -0.2) is 17.9 Å². The molecule has 118 valence electrons. The molecule has 0 saturated carbocycles. The van der Waals surface area contributed by atoms with Crippen molar-refractivity contribution in [2.24, 2.45) is 7.05 Å². The molecule has 0 aromatic carbocycles. The van der Waals surface area contributed by atoms with E-state index in [9.17, 15) is 22.6 Å². The molecule has 23 heavy (non-hydrogen) atoms. The van der Waals surface area contributed by atoms with E-state index in [-0.39, 0.29) is 48.2 Å². The van der Waals surface area contributed by atoms with Crippen LogP contribution in [-0.4, -0.2) is 57.9 Å². The van der Waals surface area contributed by atoms with Gasteiger partial charge in [0, 0.05) is 25.2 Å². The number of carbonyl (C=O) groups excluding carboxylic acids is 1. The van der Waals surface area contributed by atoms with Crippen molar-refractivity contribution in [3.8, 4) is 0 Å². The van der Waals surface area contributed by atoms with E-state index in [4.69, 9.17) is 0 Å². The number of aryl methyl sites for hydroxylation is 1. The molecule has 1 aromatic rings. The molecule has 0 radical (unpaired) electrons. The predicted molar refractivity (Wildman–Crippen MR) is 70.8 cm³/mol. The minimum absolute atomic E-state index is 0. The van der Waals surface area contributed by atoms with E-state index < -0.39 is 22.5 Å². The second-order valence-electron chi connectivity index (χ2n) is 4.88. The fraction of sp³-hybridized carbons (Fsp3) is 0.364. The van der Waals surface area contributed by atoms with E-state index in [2.05, 4.69) is 9.38 Å². The number of hydrogen-bond acceptors (Lipinski definition) is 7. The van der Waals surface area contributed by atoms with Crippen molar-refractivity contribution >= 4 is 22.0 Å². The van der Waals surface area contributed by atoms with Crippen LogP contribution in [0.1, 0.15) is 5.56 Å². The first-order chi connectivity index (χ1) is 10.3. The second-order valence-corrected chi connectivity index (χ2v) is 5.84. The van der Waals surface area contributed by atoms with Crippen molar-refractivity contribution < 1.29 is 51.6 Å². The van der Waals surface area contributed by atoms with E-state index in [0.29, 0.717) is 16.2 Å². The van der Waals surface area contributed by atoms with Crippen molar-refractivity contribution in [2.75, 3.05) is 13.1 Å². The van der Waals surface area contributed by atoms with Crippen LogP contribution in [-0.2, 0) is 21.7 Å². The van der Waals surface area contributed by atoms with Gasteiger partial charge in [0.1, 0.15) is 6.04 Å². The number of rotatable bonds is 3. The Labute approximate surface area is 153 Å². The van der Waals surface area contributed by atoms with Crippen molar-refractivity contribution in [1.82, 2.24) is 19.7 Å². The largest absolute Gasteiger partial charge is 1.00 e. The number of hydrogen-bond donors (Lipinski definition) is 0. The van der Waals surface area contributed by atoms with Crippen LogP contribution >= 0.6 is 0 Å². The summed E-state index contributed by atoms with van der Waals surface area (Å²) in [6.07, 6.45) is 3.10. The Morgan fingerprint density at radius 1 is 1.39 bits per heavy atom. The zero-order valence-corrected chi connectivity index (χ0v) is 15.2. The van der Waals surface area contributed by atoms with Gasteiger partial charge >= 0.3 is 35.6 Å². The van der Waals surface area contributed by atoms with E-state index in [0.717, 1.165) is 4.68 Å². The molecule has 1 fully saturated rings. The summed E-state index contributed by atoms with van der Waals surface area (Å²) in [7, 11) is -3.59. The first-order valence-corrected chi connectivity index (χ1v) is 7.57. The molecule has 2 aliphatic heterocycles. The molecule has 2 bridgehead atoms. The molecule has 1 unspecified atom stereocenters. The fourth-order valence-corrected chi connectivity index (χ4v) is 2.84. The van der Waals surface area contributed by atoms with Gasteiger partial charge in [-0.2, -0.15) is 14.4 Å². The summed E-state index contributed by atoms with van der Waals surface area (Å²) in [5.41, 5.74) is 0.601. The summed E-state index contributed by atoms with van der Waals surface area (Å²) < 4.78 is 37.7. The summed E-state index contributed by atoms with van der Waals surface area (Å²) in [5, 5.41) is 4.41. The van der Waals surface area contributed by atoms with E-state index >= 15 is 0 Å². The first kappa shape index (κ1) is 18.1. The van der Waals surface area contributed by atoms with Crippen molar-refractivity contribution in [1.29, 1.82) is 0 Å². The Hall–Kier alpha value is -1.24. The van der Waals surface area contributed by atoms with Gasteiger partial charge in [-0.15, -0.1) is 0 Å². The number of amides is 2. The van der Waals surface area contributed by atoms with E-state index in [1.54, 1.807) is 6.08 Å². The van der Waals surface area contributed by atoms with Gasteiger partial charge in [0.2, 0.25) is 10.4 Å². The summed E-state index contributed by atoms with van der Waals surface area (Å²) >= 11 is 0. The third-order valence-corrected chi connectivity index (χ3v) is 3.84. The van der Waals surface area contributed by atoms with Crippen LogP contribution in [0.4, 0.5) is 4.79 Å². The number of carbonyl (C=O) groups is 1. The Balaban J connectivity index is 0.00000192. The minimum atomic E-state index is -5.08. The molecule has 2 aliphatic rings. The average Bonchev–Trinajstić information content (AvgIpc) is 2.66. The van der Waals surface area contributed by atoms with Gasteiger partial charge in [0.15, 0.2) is 0 Å². The van der Waals surface area contributed by atoms with Crippen LogP contribution in [0.5, 0.6) is 0 Å². The zero-order chi connectivity index (χ0) is 16.1. The Bertz CT molecular complexity index is 835. The number of nitrogens with zero attached hydrogens (tertiary/aromatic N) is 4. The normalized spacial score (nSPS) is 20.3. The molecule has 1 atom stereocenters. The summed E-state index contributed by atoms with van der Waals surface area (Å²) in [4.78, 5) is 25.0. The zero-order valence-electron chi connectivity index (χ0n) is 12.4. The van der Waals surface area contributed by atoms with E-state index in [1.807, 2.05) is 0 Å². The fourth-order valence-electron chi connectivity index (χ4n) is 2.48. The van der Waals surface area contributed by atoms with Gasteiger partial charge in [0.05, 0.1) is 12.7 Å². The quantitative estimate of drug-likeness (QED) is 0.307. The van der Waals surface area contributed by atoms with Crippen LogP contribution in [0, 0.1) is 0 Å². The van der Waals surface area contributed by atoms with Crippen LogP contribution in [0.3, 0.4) is 0 Å². The van der Waals surface area contributed by atoms with Gasteiger partial charge in [-0.3, -0.25) is 4.79 Å². The van der Waals surface area contributed by atoms with Crippen LogP contribution < -0.4 is 35.1 Å². The Kier molecular flexibility index (Phi) is 4.99. The van der Waals surface area contributed by atoms with Crippen molar-refractivity contribution in [3.05, 3.63) is 34.3 Å². The first-order valence-electron chi connectivity index (χ1n) is 6.23. The molecule has 1 aromatic heterocycles. The maximum atomic E-state index is 12.0. The van der Waals surface area contributed by atoms with Crippen LogP contribution in [0.2, 0.25) is 0 Å². The Morgan fingerprint density at radius 2 is 2.09 bits per heavy atom. The average molecular weight is 350 g/mol. The molecule has 0 spiro atoms. The monoisotopic (exact) mass is 350 g/mol. The van der Waals surface area contributed by atoms with Gasteiger partial charge in [0.25, 0.3) is 5.56 Å². The maximum absolute atomic E-state index is 12.0. The second kappa shape index (κ2) is 6.34. The van der Waals surface area contributed by atoms with Gasteiger partial charge < -0.3 is 9.45 Å². The number of urea groups is 1. The SMILES string of the molecule is Cn1ncc(C2=CCN3CC2N(OS(=O)(=O)[O-])C3=O)cc1=O.[Na+]. The molecule has 0 N–H and O–H groups in total. The molecule has 2 amide bonds. The van der Waals surface area contributed by atoms with Crippen molar-refractivity contribution in [2.45, 2.75) is 6.04 Å². The van der Waals surface area contributed by atoms with Crippen molar-refractivity contribution in [3.63, 3.8) is 0 Å². The molecule has 10 nitrogen and oxygen atoms in total. The Morgan fingerprint density at radius 3 is 2.70 bits per heavy atom. The predicted octanol–water partition coefficient (Wildman–Crippen LogP) is -4.32. The topological polar surface area (TPSA) is 125 Å². The van der Waals surface area contributed by atoms with Gasteiger partial charge in [-0.1, -0.05) is 6.08 Å². The standard InChI is InChI=1S/C11H12N4O6S.Na/c1-13-10(16)4-7(5-12-13)8-2-3-14-6-9(8)15(11(14)17)21-22(18,19)20;/h2,4-5,9H,3,6H2,1H3,(H,18,19,20);/q;+1/p-1. The molecule has 0 aliphatic carbocycles. The molecular weight excluding hydrogens is 339 g/mol. The third kappa shape index (κ3) is 3.49. The molecular formula is C11H11N4NaO6S. The summed E-state index contributed by atoms with van der Waals surface area (Å²) in [6, 6.07) is -0.187. The summed E-state index contributed by atoms with van der Waals surface area (Å²) in [5.74, 6) is 0. The maximum Gasteiger partial charge on any atom is 1.00 e. The molecule has 3 rings (SSSR count). The molecule has 1 saturated heterocycles. The number of fused-ring (bicyclic) bond motifs is 2.